The van der Waals surface area contributed by atoms with E-state index in [1.54, 1.807) is 0 Å². The summed E-state index contributed by atoms with van der Waals surface area (Å²) in [6, 6.07) is 0. The second-order valence-electron chi connectivity index (χ2n) is 7.11. The van der Waals surface area contributed by atoms with Crippen molar-refractivity contribution in [2.75, 3.05) is 13.2 Å². The fraction of sp³-hybridized carbons (Fsp3) is 1.00. The van der Waals surface area contributed by atoms with Crippen LogP contribution in [0.3, 0.4) is 0 Å². The van der Waals surface area contributed by atoms with E-state index in [4.69, 9.17) is 4.74 Å². The molecule has 0 aliphatic carbocycles. The smallest absolute Gasteiger partial charge is 0.378 e. The van der Waals surface area contributed by atoms with Gasteiger partial charge in [0.25, 0.3) is 0 Å². The van der Waals surface area contributed by atoms with E-state index in [1.165, 1.54) is 32.1 Å². The minimum atomic E-state index is -7.98. The van der Waals surface area contributed by atoms with Crippen LogP contribution < -0.4 is 0 Å². The van der Waals surface area contributed by atoms with Gasteiger partial charge in [0.15, 0.2) is 0 Å². The molecule has 0 saturated carbocycles. The van der Waals surface area contributed by atoms with E-state index >= 15 is 0 Å². The highest BCUT2D eigenvalue weighted by atomic mass is 19.4. The summed E-state index contributed by atoms with van der Waals surface area (Å²) in [6.45, 7) is 1.32. The Morgan fingerprint density at radius 3 is 1.47 bits per heavy atom. The van der Waals surface area contributed by atoms with Gasteiger partial charge in [-0.25, -0.2) is 8.78 Å². The summed E-state index contributed by atoms with van der Waals surface area (Å²) in [5, 5.41) is 0. The Bertz CT molecular complexity index is 606. The molecule has 0 aromatic rings. The molecule has 1 rings (SSSR count). The maximum atomic E-state index is 13.9. The Morgan fingerprint density at radius 1 is 0.706 bits per heavy atom. The van der Waals surface area contributed by atoms with Crippen LogP contribution in [0.4, 0.5) is 65.9 Å². The highest BCUT2D eigenvalue weighted by molar-refractivity contribution is 5.16. The molecule has 0 spiro atoms. The number of rotatable bonds is 8. The standard InChI is InChI=1S/C9H5F15O.C8H16O/c1-2-25-6(15,3(10,7(16,17)18)8(19,20)21)4(11,12)5(13,14)9(22,23)24;1-2-3-5-8-6-4-7-9-8/h2H2,1H3;8H,2-7H2,1H3. The number of ether oxygens (including phenoxy) is 2. The third kappa shape index (κ3) is 5.98. The summed E-state index contributed by atoms with van der Waals surface area (Å²) in [5.41, 5.74) is -7.93. The molecule has 1 saturated heterocycles. The lowest BCUT2D eigenvalue weighted by Crippen LogP contribution is -2.77. The highest BCUT2D eigenvalue weighted by Gasteiger charge is 2.95. The van der Waals surface area contributed by atoms with Crippen molar-refractivity contribution in [2.24, 2.45) is 0 Å². The average molecular weight is 542 g/mol. The Balaban J connectivity index is 0.000000999. The van der Waals surface area contributed by atoms with Crippen LogP contribution in [0.25, 0.3) is 0 Å². The van der Waals surface area contributed by atoms with Gasteiger partial charge in [-0.2, -0.15) is 57.1 Å². The van der Waals surface area contributed by atoms with Gasteiger partial charge in [-0.05, 0) is 26.2 Å². The van der Waals surface area contributed by atoms with Gasteiger partial charge in [-0.1, -0.05) is 19.8 Å². The van der Waals surface area contributed by atoms with Crippen molar-refractivity contribution >= 4 is 0 Å². The van der Waals surface area contributed by atoms with Crippen molar-refractivity contribution in [3.8, 4) is 0 Å². The molecular formula is C17H21F15O2. The second kappa shape index (κ2) is 10.9. The van der Waals surface area contributed by atoms with Crippen LogP contribution in [-0.2, 0) is 9.47 Å². The summed E-state index contributed by atoms with van der Waals surface area (Å²) in [6.07, 6.45) is -15.9. The van der Waals surface area contributed by atoms with Gasteiger partial charge in [-0.15, -0.1) is 0 Å². The average Bonchev–Trinajstić information content (AvgIpc) is 3.16. The molecule has 0 radical (unpaired) electrons. The van der Waals surface area contributed by atoms with E-state index in [1.807, 2.05) is 0 Å². The molecule has 2 atom stereocenters. The van der Waals surface area contributed by atoms with Gasteiger partial charge in [0.05, 0.1) is 6.10 Å². The molecule has 34 heavy (non-hydrogen) atoms. The van der Waals surface area contributed by atoms with Crippen LogP contribution in [0.5, 0.6) is 0 Å². The number of hydrogen-bond donors (Lipinski definition) is 0. The van der Waals surface area contributed by atoms with Crippen LogP contribution in [0.15, 0.2) is 0 Å². The van der Waals surface area contributed by atoms with Crippen LogP contribution in [0.2, 0.25) is 0 Å². The van der Waals surface area contributed by atoms with Crippen LogP contribution in [-0.4, -0.2) is 61.2 Å². The summed E-state index contributed by atoms with van der Waals surface area (Å²) >= 11 is 0. The largest absolute Gasteiger partial charge is 0.460 e. The van der Waals surface area contributed by atoms with E-state index in [2.05, 4.69) is 11.7 Å². The van der Waals surface area contributed by atoms with E-state index in [9.17, 15) is 65.9 Å². The van der Waals surface area contributed by atoms with Crippen molar-refractivity contribution in [1.82, 2.24) is 0 Å². The van der Waals surface area contributed by atoms with Gasteiger partial charge in [-0.3, -0.25) is 0 Å². The lowest BCUT2D eigenvalue weighted by Gasteiger charge is -2.45. The minimum Gasteiger partial charge on any atom is -0.378 e. The normalized spacial score (nSPS) is 20.6. The van der Waals surface area contributed by atoms with Gasteiger partial charge in [0.1, 0.15) is 0 Å². The topological polar surface area (TPSA) is 18.5 Å². The highest BCUT2D eigenvalue weighted by Crippen LogP contribution is 2.63. The zero-order valence-electron chi connectivity index (χ0n) is 17.5. The van der Waals surface area contributed by atoms with Gasteiger partial charge in [0.2, 0.25) is 0 Å². The third-order valence-electron chi connectivity index (χ3n) is 4.63. The fourth-order valence-corrected chi connectivity index (χ4v) is 2.81. The molecule has 1 fully saturated rings. The van der Waals surface area contributed by atoms with Gasteiger partial charge in [0, 0.05) is 13.2 Å². The monoisotopic (exact) mass is 542 g/mol. The lowest BCUT2D eigenvalue weighted by molar-refractivity contribution is -0.487. The lowest BCUT2D eigenvalue weighted by atomic mass is 9.86. The number of hydrogen-bond acceptors (Lipinski definition) is 2. The van der Waals surface area contributed by atoms with Gasteiger partial charge >= 0.3 is 41.9 Å². The van der Waals surface area contributed by atoms with Crippen LogP contribution >= 0.6 is 0 Å². The van der Waals surface area contributed by atoms with E-state index in [0.717, 1.165) is 6.61 Å². The maximum absolute atomic E-state index is 13.9. The van der Waals surface area contributed by atoms with Crippen LogP contribution in [0.1, 0.15) is 46.0 Å². The minimum absolute atomic E-state index is 0.142. The Kier molecular flexibility index (Phi) is 10.5. The Morgan fingerprint density at radius 2 is 1.18 bits per heavy atom. The van der Waals surface area contributed by atoms with Crippen molar-refractivity contribution < 1.29 is 75.3 Å². The molecule has 0 aromatic carbocycles. The fourth-order valence-electron chi connectivity index (χ4n) is 2.81. The van der Waals surface area contributed by atoms with Crippen LogP contribution in [0, 0.1) is 0 Å². The number of halogens is 15. The molecule has 0 bridgehead atoms. The molecule has 2 nitrogen and oxygen atoms in total. The van der Waals surface area contributed by atoms with E-state index in [-0.39, 0.29) is 6.92 Å². The van der Waals surface area contributed by atoms with E-state index in [0.29, 0.717) is 6.10 Å². The molecule has 1 aliphatic heterocycles. The molecule has 0 aromatic heterocycles. The summed E-state index contributed by atoms with van der Waals surface area (Å²) in [7, 11) is 0. The predicted octanol–water partition coefficient (Wildman–Crippen LogP) is 7.71. The summed E-state index contributed by atoms with van der Waals surface area (Å²) in [5.74, 6) is -23.4. The van der Waals surface area contributed by atoms with Crippen molar-refractivity contribution in [2.45, 2.75) is 94.0 Å². The van der Waals surface area contributed by atoms with Crippen molar-refractivity contribution in [3.05, 3.63) is 0 Å². The number of unbranched alkanes of at least 4 members (excludes halogenated alkanes) is 1. The van der Waals surface area contributed by atoms with E-state index < -0.39 is 48.5 Å². The molecule has 1 aliphatic rings. The molecule has 17 heteroatoms. The summed E-state index contributed by atoms with van der Waals surface area (Å²) < 4.78 is 197. The number of alkyl halides is 15. The predicted molar refractivity (Wildman–Crippen MR) is 85.9 cm³/mol. The quantitative estimate of drug-likeness (QED) is 0.293. The first kappa shape index (κ1) is 32.9. The first-order valence-electron chi connectivity index (χ1n) is 9.58. The Labute approximate surface area is 183 Å². The molecule has 1 heterocycles. The molecule has 0 amide bonds. The molecule has 2 unspecified atom stereocenters. The third-order valence-corrected chi connectivity index (χ3v) is 4.63. The van der Waals surface area contributed by atoms with Crippen molar-refractivity contribution in [1.29, 1.82) is 0 Å². The Hall–Kier alpha value is -1.13. The zero-order valence-corrected chi connectivity index (χ0v) is 17.5. The molecular weight excluding hydrogens is 521 g/mol. The first-order valence-corrected chi connectivity index (χ1v) is 9.58. The SMILES string of the molecule is CCCCC1CCCO1.CCOC(F)(C(F)(F)C(F)(F)C(F)(F)F)C(F)(C(F)(F)F)C(F)(F)F. The second-order valence-corrected chi connectivity index (χ2v) is 7.11. The molecule has 206 valence electrons. The van der Waals surface area contributed by atoms with Crippen molar-refractivity contribution in [3.63, 3.8) is 0 Å². The first-order chi connectivity index (χ1) is 15.0. The summed E-state index contributed by atoms with van der Waals surface area (Å²) in [4.78, 5) is 0. The zero-order chi connectivity index (χ0) is 27.4. The maximum Gasteiger partial charge on any atom is 0.460 e. The molecule has 0 N–H and O–H groups in total. The van der Waals surface area contributed by atoms with Gasteiger partial charge < -0.3 is 9.47 Å².